The van der Waals surface area contributed by atoms with Gasteiger partial charge in [0.2, 0.25) is 11.6 Å². The Labute approximate surface area is 369 Å². The summed E-state index contributed by atoms with van der Waals surface area (Å²) in [6.07, 6.45) is 12.3. The molecule has 0 saturated heterocycles. The molecule has 0 aliphatic carbocycles. The molecule has 5 N–H and O–H groups in total. The van der Waals surface area contributed by atoms with Crippen LogP contribution in [0.2, 0.25) is 0 Å². The van der Waals surface area contributed by atoms with E-state index in [4.69, 9.17) is 5.53 Å². The van der Waals surface area contributed by atoms with Crippen molar-refractivity contribution in [2.24, 2.45) is 5.11 Å². The molecule has 23 heteroatoms. The van der Waals surface area contributed by atoms with E-state index < -0.39 is 62.8 Å². The van der Waals surface area contributed by atoms with Crippen LogP contribution in [-0.4, -0.2) is 106 Å². The molecule has 0 spiro atoms. The van der Waals surface area contributed by atoms with Crippen LogP contribution < -0.4 is 10.2 Å². The molecule has 2 aliphatic heterocycles. The van der Waals surface area contributed by atoms with E-state index in [2.05, 4.69) is 15.3 Å². The third-order valence-electron chi connectivity index (χ3n) is 11.1. The summed E-state index contributed by atoms with van der Waals surface area (Å²) in [5.74, 6) is -1.12. The second kappa shape index (κ2) is 21.0. The van der Waals surface area contributed by atoms with E-state index in [1.54, 1.807) is 30.4 Å². The predicted octanol–water partition coefficient (Wildman–Crippen LogP) is 6.04. The molecule has 0 bridgehead atoms. The summed E-state index contributed by atoms with van der Waals surface area (Å²) >= 11 is 0. The highest BCUT2D eigenvalue weighted by atomic mass is 32.2. The van der Waals surface area contributed by atoms with Gasteiger partial charge in [-0.25, -0.2) is 0 Å². The Morgan fingerprint density at radius 2 is 1.43 bits per heavy atom. The van der Waals surface area contributed by atoms with Gasteiger partial charge >= 0.3 is 0 Å². The Hall–Kier alpha value is -4.45. The lowest BCUT2D eigenvalue weighted by atomic mass is 9.77. The molecule has 1 unspecified atom stereocenters. The number of azide groups is 1. The molecule has 0 saturated carbocycles. The molecule has 63 heavy (non-hydrogen) atoms. The number of nitrogens with one attached hydrogen (secondary N) is 1. The smallest absolute Gasteiger partial charge is 0.294 e. The van der Waals surface area contributed by atoms with Crippen molar-refractivity contribution in [3.63, 3.8) is 0 Å². The lowest BCUT2D eigenvalue weighted by Gasteiger charge is -2.30. The van der Waals surface area contributed by atoms with Crippen molar-refractivity contribution in [2.75, 3.05) is 42.6 Å². The zero-order valence-corrected chi connectivity index (χ0v) is 38.6. The average molecular weight is 956 g/mol. The average Bonchev–Trinajstić information content (AvgIpc) is 3.53. The van der Waals surface area contributed by atoms with Crippen molar-refractivity contribution < 1.29 is 61.3 Å². The lowest BCUT2D eigenvalue weighted by Crippen LogP contribution is -2.29. The second-order valence-corrected chi connectivity index (χ2v) is 22.1. The number of anilines is 1. The Morgan fingerprint density at radius 3 is 2.06 bits per heavy atom. The highest BCUT2D eigenvalue weighted by molar-refractivity contribution is 7.86. The van der Waals surface area contributed by atoms with Crippen molar-refractivity contribution >= 4 is 63.5 Å². The van der Waals surface area contributed by atoms with Gasteiger partial charge in [0.15, 0.2) is 5.71 Å². The van der Waals surface area contributed by atoms with Gasteiger partial charge in [0.05, 0.1) is 26.7 Å². The SMILES string of the molecule is CC1(C)C(C=CC=CC=C2N(CCCCCC(=O)NCCCN=[N+]=[N-])c3ccc(S(=O)(=O)O)cc3C2(C)CCCCS(=O)(=O)O)=[N+](CCCS(=O)(=O)O)c2ccc(S(=O)(=O)O)cc21. The first-order valence-electron chi connectivity index (χ1n) is 20.2. The van der Waals surface area contributed by atoms with Crippen LogP contribution in [0.15, 0.2) is 87.4 Å². The van der Waals surface area contributed by atoms with Gasteiger partial charge in [-0.2, -0.15) is 38.2 Å². The maximum absolute atomic E-state index is 12.4. The molecule has 1 atom stereocenters. The number of carbonyl (C=O) groups is 1. The molecule has 1 amide bonds. The summed E-state index contributed by atoms with van der Waals surface area (Å²) in [5, 5.41) is 6.24. The highest BCUT2D eigenvalue weighted by Crippen LogP contribution is 2.51. The Kier molecular flexibility index (Phi) is 17.1. The first-order valence-corrected chi connectivity index (χ1v) is 26.3. The van der Waals surface area contributed by atoms with Crippen molar-refractivity contribution in [1.82, 2.24) is 5.32 Å². The van der Waals surface area contributed by atoms with E-state index in [1.807, 2.05) is 36.3 Å². The second-order valence-electron chi connectivity index (χ2n) is 16.1. The van der Waals surface area contributed by atoms with E-state index in [-0.39, 0.29) is 48.1 Å². The number of amides is 1. The number of allylic oxidation sites excluding steroid dienone is 6. The summed E-state index contributed by atoms with van der Waals surface area (Å²) in [6, 6.07) is 8.44. The van der Waals surface area contributed by atoms with Gasteiger partial charge < -0.3 is 10.2 Å². The minimum atomic E-state index is -4.61. The van der Waals surface area contributed by atoms with E-state index in [9.17, 15) is 56.7 Å². The minimum absolute atomic E-state index is 0.0412. The van der Waals surface area contributed by atoms with Gasteiger partial charge in [-0.15, -0.1) is 0 Å². The monoisotopic (exact) mass is 955 g/mol. The number of hydrogen-bond acceptors (Lipinski definition) is 11. The molecule has 2 heterocycles. The van der Waals surface area contributed by atoms with E-state index in [0.29, 0.717) is 79.8 Å². The van der Waals surface area contributed by atoms with Gasteiger partial charge in [0.1, 0.15) is 6.54 Å². The molecular weight excluding hydrogens is 901 g/mol. The molecule has 0 fully saturated rings. The Bertz CT molecular complexity index is 2670. The molecule has 2 aromatic rings. The van der Waals surface area contributed by atoms with Gasteiger partial charge in [-0.3, -0.25) is 23.0 Å². The van der Waals surface area contributed by atoms with Crippen molar-refractivity contribution in [3.05, 3.63) is 94.0 Å². The van der Waals surface area contributed by atoms with Gasteiger partial charge in [0, 0.05) is 71.9 Å². The summed E-state index contributed by atoms with van der Waals surface area (Å²) in [7, 11) is -17.7. The van der Waals surface area contributed by atoms with Gasteiger partial charge in [-0.1, -0.05) is 36.2 Å². The van der Waals surface area contributed by atoms with Crippen LogP contribution in [-0.2, 0) is 56.1 Å². The number of unbranched alkanes of at least 4 members (excludes halogenated alkanes) is 3. The molecule has 2 aromatic carbocycles. The number of rotatable bonds is 24. The van der Waals surface area contributed by atoms with Gasteiger partial charge in [0.25, 0.3) is 40.5 Å². The summed E-state index contributed by atoms with van der Waals surface area (Å²) in [4.78, 5) is 16.4. The maximum Gasteiger partial charge on any atom is 0.294 e. The molecule has 2 aliphatic rings. The fourth-order valence-electron chi connectivity index (χ4n) is 8.02. The van der Waals surface area contributed by atoms with Crippen molar-refractivity contribution in [3.8, 4) is 0 Å². The normalized spacial score (nSPS) is 18.3. The maximum atomic E-state index is 12.4. The van der Waals surface area contributed by atoms with E-state index in [0.717, 1.165) is 5.70 Å². The van der Waals surface area contributed by atoms with Crippen LogP contribution in [0.1, 0.15) is 89.7 Å². The van der Waals surface area contributed by atoms with Crippen molar-refractivity contribution in [1.29, 1.82) is 0 Å². The zero-order chi connectivity index (χ0) is 46.9. The number of carbonyl (C=O) groups excluding carboxylic acids is 1. The Balaban J connectivity index is 1.69. The summed E-state index contributed by atoms with van der Waals surface area (Å²) in [5.41, 5.74) is 10.4. The van der Waals surface area contributed by atoms with Crippen LogP contribution in [0.25, 0.3) is 10.4 Å². The van der Waals surface area contributed by atoms with Crippen LogP contribution >= 0.6 is 0 Å². The summed E-state index contributed by atoms with van der Waals surface area (Å²) in [6.45, 7) is 6.81. The highest BCUT2D eigenvalue weighted by Gasteiger charge is 2.45. The lowest BCUT2D eigenvalue weighted by molar-refractivity contribution is -0.437. The number of benzene rings is 2. The number of nitrogens with zero attached hydrogens (tertiary/aromatic N) is 5. The van der Waals surface area contributed by atoms with Gasteiger partial charge in [-0.05, 0) is 100 Å². The standard InChI is InChI=1S/C40H54N6O13S4/c1-39(2)32-28-30(62(54,55)56)17-19-34(32)45(25-13-27-61(51,52)53)36(39)14-6-4-7-15-37-40(3,21-9-11-26-60(48,49)50)33-29-31(63(57,58)59)18-20-35(33)46(37)24-10-5-8-16-38(47)42-22-12-23-43-44-41/h4,6-7,14-15,17-20,28-29H,5,8-13,16,21-27H2,1-3H3,(H4-,42,47,48,49,50,51,52,53,54,55,56,57,58,59)/p+1. The van der Waals surface area contributed by atoms with E-state index in [1.165, 1.54) is 30.3 Å². The van der Waals surface area contributed by atoms with Crippen LogP contribution in [0.4, 0.5) is 11.4 Å². The minimum Gasteiger partial charge on any atom is -0.356 e. The first kappa shape index (κ1) is 51.2. The van der Waals surface area contributed by atoms with Crippen molar-refractivity contribution in [2.45, 2.75) is 99.2 Å². The first-order chi connectivity index (χ1) is 29.3. The number of fused-ring (bicyclic) bond motifs is 2. The van der Waals surface area contributed by atoms with Crippen LogP contribution in [0.5, 0.6) is 0 Å². The largest absolute Gasteiger partial charge is 0.356 e. The fraction of sp³-hybridized carbons (Fsp3) is 0.500. The molecule has 346 valence electrons. The zero-order valence-electron chi connectivity index (χ0n) is 35.3. The van der Waals surface area contributed by atoms with Crippen LogP contribution in [0, 0.1) is 0 Å². The molecule has 0 aromatic heterocycles. The summed E-state index contributed by atoms with van der Waals surface area (Å²) < 4.78 is 135. The number of hydrogen-bond donors (Lipinski definition) is 5. The predicted molar refractivity (Wildman–Crippen MR) is 238 cm³/mol. The third kappa shape index (κ3) is 14.0. The van der Waals surface area contributed by atoms with Crippen LogP contribution in [0.3, 0.4) is 0 Å². The van der Waals surface area contributed by atoms with E-state index >= 15 is 0 Å². The molecule has 4 rings (SSSR count). The third-order valence-corrected chi connectivity index (χ3v) is 14.4. The topological polar surface area (TPSA) is 302 Å². The fourth-order valence-corrected chi connectivity index (χ4v) is 10.1. The quantitative estimate of drug-likeness (QED) is 0.0152. The molecule has 19 nitrogen and oxygen atoms in total. The molecule has 0 radical (unpaired) electrons. The molecular formula is C40H55N6O13S4+. The Morgan fingerprint density at radius 1 is 0.794 bits per heavy atom.